The van der Waals surface area contributed by atoms with Crippen molar-refractivity contribution < 1.29 is 9.13 Å². The van der Waals surface area contributed by atoms with E-state index in [9.17, 15) is 4.39 Å². The molecule has 1 aromatic rings. The first kappa shape index (κ1) is 12.1. The molecule has 16 heavy (non-hydrogen) atoms. The van der Waals surface area contributed by atoms with Gasteiger partial charge in [-0.15, -0.1) is 0 Å². The second kappa shape index (κ2) is 5.80. The summed E-state index contributed by atoms with van der Waals surface area (Å²) >= 11 is 0. The molecule has 0 aromatic heterocycles. The molecule has 0 unspecified atom stereocenters. The fourth-order valence-corrected chi connectivity index (χ4v) is 1.13. The summed E-state index contributed by atoms with van der Waals surface area (Å²) in [6.45, 7) is 5.22. The molecule has 0 bridgehead atoms. The van der Waals surface area contributed by atoms with Gasteiger partial charge in [-0.1, -0.05) is 6.08 Å². The molecule has 0 fully saturated rings. The van der Waals surface area contributed by atoms with Crippen LogP contribution < -0.4 is 4.74 Å². The van der Waals surface area contributed by atoms with Gasteiger partial charge in [0.2, 0.25) is 0 Å². The van der Waals surface area contributed by atoms with Gasteiger partial charge in [-0.2, -0.15) is 0 Å². The number of halogens is 1. The fraction of sp³-hybridized carbons (Fsp3) is 0.167. The second-order valence-corrected chi connectivity index (χ2v) is 2.95. The Morgan fingerprint density at radius 3 is 2.75 bits per heavy atom. The van der Waals surface area contributed by atoms with Gasteiger partial charge in [0.25, 0.3) is 0 Å². The zero-order valence-corrected chi connectivity index (χ0v) is 9.27. The van der Waals surface area contributed by atoms with Crippen LogP contribution in [0.15, 0.2) is 40.3 Å². The third-order valence-corrected chi connectivity index (χ3v) is 1.86. The highest BCUT2D eigenvalue weighted by Crippen LogP contribution is 2.22. The van der Waals surface area contributed by atoms with Crippen LogP contribution in [0.1, 0.15) is 6.92 Å². The van der Waals surface area contributed by atoms with E-state index in [1.165, 1.54) is 19.2 Å². The molecular formula is C12H13FN2O. The van der Waals surface area contributed by atoms with Gasteiger partial charge in [0.05, 0.1) is 12.8 Å². The highest BCUT2D eigenvalue weighted by atomic mass is 19.1. The van der Waals surface area contributed by atoms with Crippen LogP contribution in [0.4, 0.5) is 10.1 Å². The van der Waals surface area contributed by atoms with Crippen molar-refractivity contribution in [2.24, 2.45) is 9.98 Å². The zero-order valence-electron chi connectivity index (χ0n) is 9.27. The predicted molar refractivity (Wildman–Crippen MR) is 64.4 cm³/mol. The summed E-state index contributed by atoms with van der Waals surface area (Å²) in [5, 5.41) is 0. The Kier molecular flexibility index (Phi) is 4.39. The lowest BCUT2D eigenvalue weighted by atomic mass is 10.3. The largest absolute Gasteiger partial charge is 0.494 e. The summed E-state index contributed by atoms with van der Waals surface area (Å²) in [5.41, 5.74) is 0.471. The smallest absolute Gasteiger partial charge is 0.167 e. The third kappa shape index (κ3) is 3.02. The van der Waals surface area contributed by atoms with E-state index in [0.717, 1.165) is 0 Å². The maximum absolute atomic E-state index is 13.3. The SMILES string of the molecule is C=NC(/C=C\C)=Nc1ccc(OC)c(F)c1. The number of aliphatic imine (C=N–C) groups is 2. The number of hydrogen-bond donors (Lipinski definition) is 0. The van der Waals surface area contributed by atoms with Crippen molar-refractivity contribution in [1.82, 2.24) is 0 Å². The summed E-state index contributed by atoms with van der Waals surface area (Å²) in [6, 6.07) is 4.45. The monoisotopic (exact) mass is 220 g/mol. The number of methoxy groups -OCH3 is 1. The normalized spacial score (nSPS) is 11.8. The topological polar surface area (TPSA) is 34.0 Å². The first-order chi connectivity index (χ1) is 7.71. The van der Waals surface area contributed by atoms with Crippen LogP contribution in [-0.2, 0) is 0 Å². The number of amidine groups is 1. The minimum atomic E-state index is -0.451. The minimum Gasteiger partial charge on any atom is -0.494 e. The second-order valence-electron chi connectivity index (χ2n) is 2.95. The van der Waals surface area contributed by atoms with Gasteiger partial charge in [0.15, 0.2) is 17.4 Å². The lowest BCUT2D eigenvalue weighted by Crippen LogP contribution is -1.88. The van der Waals surface area contributed by atoms with E-state index in [1.807, 2.05) is 6.92 Å². The maximum atomic E-state index is 13.3. The average molecular weight is 220 g/mol. The lowest BCUT2D eigenvalue weighted by molar-refractivity contribution is 0.386. The Balaban J connectivity index is 3.06. The van der Waals surface area contributed by atoms with E-state index in [1.54, 1.807) is 18.2 Å². The van der Waals surface area contributed by atoms with Crippen LogP contribution in [-0.4, -0.2) is 19.7 Å². The number of nitrogens with zero attached hydrogens (tertiary/aromatic N) is 2. The molecule has 0 saturated carbocycles. The number of hydrogen-bond acceptors (Lipinski definition) is 2. The Hall–Kier alpha value is -1.97. The first-order valence-electron chi connectivity index (χ1n) is 4.73. The molecule has 0 atom stereocenters. The van der Waals surface area contributed by atoms with E-state index in [-0.39, 0.29) is 5.75 Å². The standard InChI is InChI=1S/C12H13FN2O/c1-4-5-12(14-2)15-9-6-7-11(16-3)10(13)8-9/h4-8H,2H2,1,3H3/b5-4-,15-12?. The molecule has 0 aliphatic rings. The molecule has 0 radical (unpaired) electrons. The molecule has 0 saturated heterocycles. The molecule has 1 rings (SSSR count). The van der Waals surface area contributed by atoms with E-state index in [0.29, 0.717) is 11.5 Å². The van der Waals surface area contributed by atoms with Crippen molar-refractivity contribution in [3.63, 3.8) is 0 Å². The maximum Gasteiger partial charge on any atom is 0.167 e. The Bertz CT molecular complexity index is 439. The molecule has 0 amide bonds. The number of ether oxygens (including phenoxy) is 1. The van der Waals surface area contributed by atoms with Gasteiger partial charge in [-0.3, -0.25) is 0 Å². The molecule has 0 aliphatic carbocycles. The zero-order chi connectivity index (χ0) is 12.0. The van der Waals surface area contributed by atoms with Crippen molar-refractivity contribution in [3.05, 3.63) is 36.2 Å². The number of benzene rings is 1. The highest BCUT2D eigenvalue weighted by molar-refractivity contribution is 5.97. The Morgan fingerprint density at radius 2 is 2.25 bits per heavy atom. The molecule has 0 heterocycles. The molecule has 1 aromatic carbocycles. The van der Waals surface area contributed by atoms with Gasteiger partial charge < -0.3 is 4.74 Å². The molecular weight excluding hydrogens is 207 g/mol. The highest BCUT2D eigenvalue weighted by Gasteiger charge is 2.02. The van der Waals surface area contributed by atoms with Crippen LogP contribution in [0.3, 0.4) is 0 Å². The minimum absolute atomic E-state index is 0.193. The van der Waals surface area contributed by atoms with Gasteiger partial charge in [-0.05, 0) is 31.9 Å². The number of rotatable bonds is 3. The van der Waals surface area contributed by atoms with Crippen molar-refractivity contribution in [3.8, 4) is 5.75 Å². The molecule has 0 N–H and O–H groups in total. The molecule has 4 heteroatoms. The van der Waals surface area contributed by atoms with Crippen molar-refractivity contribution >= 4 is 18.2 Å². The van der Waals surface area contributed by atoms with Gasteiger partial charge in [0.1, 0.15) is 0 Å². The van der Waals surface area contributed by atoms with Crippen LogP contribution >= 0.6 is 0 Å². The Labute approximate surface area is 94.0 Å². The molecule has 84 valence electrons. The number of allylic oxidation sites excluding steroid dienone is 1. The van der Waals surface area contributed by atoms with Crippen LogP contribution in [0.2, 0.25) is 0 Å². The molecule has 0 spiro atoms. The van der Waals surface area contributed by atoms with Gasteiger partial charge in [-0.25, -0.2) is 14.4 Å². The average Bonchev–Trinajstić information content (AvgIpc) is 2.28. The predicted octanol–water partition coefficient (Wildman–Crippen LogP) is 3.14. The summed E-state index contributed by atoms with van der Waals surface area (Å²) in [4.78, 5) is 7.81. The lowest BCUT2D eigenvalue weighted by Gasteiger charge is -2.02. The van der Waals surface area contributed by atoms with Crippen molar-refractivity contribution in [2.45, 2.75) is 6.92 Å². The van der Waals surface area contributed by atoms with Gasteiger partial charge in [0, 0.05) is 6.07 Å². The molecule has 3 nitrogen and oxygen atoms in total. The van der Waals surface area contributed by atoms with E-state index in [4.69, 9.17) is 4.74 Å². The summed E-state index contributed by atoms with van der Waals surface area (Å²) in [7, 11) is 1.41. The van der Waals surface area contributed by atoms with Crippen LogP contribution in [0.5, 0.6) is 5.75 Å². The van der Waals surface area contributed by atoms with E-state index >= 15 is 0 Å². The van der Waals surface area contributed by atoms with Gasteiger partial charge >= 0.3 is 0 Å². The third-order valence-electron chi connectivity index (χ3n) is 1.86. The summed E-state index contributed by atoms with van der Waals surface area (Å²) in [6.07, 6.45) is 3.47. The molecule has 0 aliphatic heterocycles. The van der Waals surface area contributed by atoms with Crippen molar-refractivity contribution in [2.75, 3.05) is 7.11 Å². The van der Waals surface area contributed by atoms with Crippen LogP contribution in [0, 0.1) is 5.82 Å². The van der Waals surface area contributed by atoms with Crippen molar-refractivity contribution in [1.29, 1.82) is 0 Å². The summed E-state index contributed by atoms with van der Waals surface area (Å²) < 4.78 is 18.1. The quantitative estimate of drug-likeness (QED) is 0.569. The Morgan fingerprint density at radius 1 is 1.50 bits per heavy atom. The van der Waals surface area contributed by atoms with E-state index < -0.39 is 5.82 Å². The summed E-state index contributed by atoms with van der Waals surface area (Å²) in [5.74, 6) is 0.179. The van der Waals surface area contributed by atoms with E-state index in [2.05, 4.69) is 16.7 Å². The fourth-order valence-electron chi connectivity index (χ4n) is 1.13. The first-order valence-corrected chi connectivity index (χ1v) is 4.73. The van der Waals surface area contributed by atoms with Crippen LogP contribution in [0.25, 0.3) is 0 Å².